The summed E-state index contributed by atoms with van der Waals surface area (Å²) in [6, 6.07) is 3.50. The van der Waals surface area contributed by atoms with Crippen LogP contribution in [0.4, 0.5) is 5.13 Å². The standard InChI is InChI=1S/C22H25ClN6O2S/c1-14-10-15(16-11-19(23)25-13-18(16)31-2)17(12-24-14)21(30)26-22-28-27-20(32-22)6-9-29-7-4-3-5-8-29/h10-13H,3-9H2,1-2H3,(H,26,28,30). The van der Waals surface area contributed by atoms with Crippen molar-refractivity contribution in [2.45, 2.75) is 32.6 Å². The van der Waals surface area contributed by atoms with E-state index in [0.29, 0.717) is 32.7 Å². The molecule has 1 fully saturated rings. The number of likely N-dealkylation sites (tertiary alicyclic amines) is 1. The van der Waals surface area contributed by atoms with Gasteiger partial charge in [0.15, 0.2) is 0 Å². The van der Waals surface area contributed by atoms with E-state index in [4.69, 9.17) is 16.3 Å². The SMILES string of the molecule is COc1cnc(Cl)cc1-c1cc(C)ncc1C(=O)Nc1nnc(CCN2CCCCC2)s1. The van der Waals surface area contributed by atoms with E-state index >= 15 is 0 Å². The monoisotopic (exact) mass is 472 g/mol. The molecule has 1 aliphatic rings. The Hall–Kier alpha value is -2.62. The van der Waals surface area contributed by atoms with Crippen LogP contribution in [0.15, 0.2) is 24.5 Å². The van der Waals surface area contributed by atoms with Gasteiger partial charge < -0.3 is 9.64 Å². The smallest absolute Gasteiger partial charge is 0.259 e. The van der Waals surface area contributed by atoms with Gasteiger partial charge in [-0.2, -0.15) is 0 Å². The Bertz CT molecular complexity index is 1100. The zero-order chi connectivity index (χ0) is 22.5. The van der Waals surface area contributed by atoms with E-state index in [0.717, 1.165) is 36.8 Å². The highest BCUT2D eigenvalue weighted by Gasteiger charge is 2.19. The van der Waals surface area contributed by atoms with Gasteiger partial charge in [-0.05, 0) is 45.0 Å². The summed E-state index contributed by atoms with van der Waals surface area (Å²) in [6.07, 6.45) is 7.76. The molecule has 0 unspecified atom stereocenters. The van der Waals surface area contributed by atoms with Crippen LogP contribution in [0.5, 0.6) is 5.75 Å². The molecule has 4 heterocycles. The van der Waals surface area contributed by atoms with Gasteiger partial charge in [-0.25, -0.2) is 4.98 Å². The normalized spacial score (nSPS) is 14.3. The molecule has 168 valence electrons. The van der Waals surface area contributed by atoms with Crippen LogP contribution < -0.4 is 10.1 Å². The third kappa shape index (κ3) is 5.40. The van der Waals surface area contributed by atoms with Crippen LogP contribution in [0.2, 0.25) is 5.15 Å². The molecule has 1 N–H and O–H groups in total. The Morgan fingerprint density at radius 2 is 1.97 bits per heavy atom. The quantitative estimate of drug-likeness (QED) is 0.514. The molecule has 0 radical (unpaired) electrons. The van der Waals surface area contributed by atoms with E-state index in [9.17, 15) is 4.79 Å². The van der Waals surface area contributed by atoms with Gasteiger partial charge in [-0.15, -0.1) is 10.2 Å². The van der Waals surface area contributed by atoms with E-state index in [2.05, 4.69) is 30.4 Å². The molecule has 3 aromatic heterocycles. The van der Waals surface area contributed by atoms with E-state index in [1.807, 2.05) is 13.0 Å². The second-order valence-corrected chi connectivity index (χ2v) is 9.14. The predicted octanol–water partition coefficient (Wildman–Crippen LogP) is 4.25. The van der Waals surface area contributed by atoms with Gasteiger partial charge in [0.2, 0.25) is 5.13 Å². The van der Waals surface area contributed by atoms with Crippen molar-refractivity contribution in [2.24, 2.45) is 0 Å². The molecule has 1 aliphatic heterocycles. The molecule has 0 bridgehead atoms. The number of amides is 1. The fourth-order valence-electron chi connectivity index (χ4n) is 3.76. The van der Waals surface area contributed by atoms with Crippen LogP contribution in [0.25, 0.3) is 11.1 Å². The molecule has 0 atom stereocenters. The minimum absolute atomic E-state index is 0.309. The largest absolute Gasteiger partial charge is 0.494 e. The van der Waals surface area contributed by atoms with Gasteiger partial charge in [0.05, 0.1) is 18.9 Å². The fourth-order valence-corrected chi connectivity index (χ4v) is 4.64. The maximum atomic E-state index is 13.1. The van der Waals surface area contributed by atoms with Gasteiger partial charge in [-0.1, -0.05) is 29.4 Å². The number of carbonyl (C=O) groups is 1. The summed E-state index contributed by atoms with van der Waals surface area (Å²) in [4.78, 5) is 23.9. The van der Waals surface area contributed by atoms with Crippen molar-refractivity contribution >= 4 is 34.0 Å². The molecule has 1 amide bonds. The average molecular weight is 473 g/mol. The Kier molecular flexibility index (Phi) is 7.29. The molecule has 0 saturated carbocycles. The molecular weight excluding hydrogens is 448 g/mol. The number of halogens is 1. The topological polar surface area (TPSA) is 93.1 Å². The molecule has 1 saturated heterocycles. The van der Waals surface area contributed by atoms with Crippen LogP contribution >= 0.6 is 22.9 Å². The summed E-state index contributed by atoms with van der Waals surface area (Å²) in [5, 5.41) is 13.0. The van der Waals surface area contributed by atoms with Crippen molar-refractivity contribution in [2.75, 3.05) is 32.1 Å². The van der Waals surface area contributed by atoms with Crippen molar-refractivity contribution in [1.82, 2.24) is 25.1 Å². The molecule has 10 heteroatoms. The van der Waals surface area contributed by atoms with Gasteiger partial charge >= 0.3 is 0 Å². The number of nitrogens with one attached hydrogen (secondary N) is 1. The molecule has 0 aromatic carbocycles. The van der Waals surface area contributed by atoms with Gasteiger partial charge in [0.1, 0.15) is 15.9 Å². The summed E-state index contributed by atoms with van der Waals surface area (Å²) in [6.45, 7) is 5.12. The van der Waals surface area contributed by atoms with Crippen molar-refractivity contribution in [3.63, 3.8) is 0 Å². The van der Waals surface area contributed by atoms with Crippen molar-refractivity contribution in [3.8, 4) is 16.9 Å². The third-order valence-corrected chi connectivity index (χ3v) is 6.51. The molecule has 0 aliphatic carbocycles. The minimum atomic E-state index is -0.318. The van der Waals surface area contributed by atoms with E-state index in [1.165, 1.54) is 36.8 Å². The first-order valence-corrected chi connectivity index (χ1v) is 11.8. The van der Waals surface area contributed by atoms with Crippen molar-refractivity contribution in [3.05, 3.63) is 45.9 Å². The minimum Gasteiger partial charge on any atom is -0.494 e. The Labute approximate surface area is 196 Å². The summed E-state index contributed by atoms with van der Waals surface area (Å²) in [5.41, 5.74) is 2.48. The third-order valence-electron chi connectivity index (χ3n) is 5.41. The average Bonchev–Trinajstić information content (AvgIpc) is 3.25. The first-order valence-electron chi connectivity index (χ1n) is 10.6. The van der Waals surface area contributed by atoms with Crippen LogP contribution in [-0.2, 0) is 6.42 Å². The first kappa shape index (κ1) is 22.6. The van der Waals surface area contributed by atoms with Gasteiger partial charge in [0, 0.05) is 36.0 Å². The van der Waals surface area contributed by atoms with Gasteiger partial charge in [0.25, 0.3) is 5.91 Å². The lowest BCUT2D eigenvalue weighted by molar-refractivity contribution is 0.102. The van der Waals surface area contributed by atoms with Crippen LogP contribution in [0.1, 0.15) is 40.3 Å². The molecule has 4 rings (SSSR count). The van der Waals surface area contributed by atoms with Crippen molar-refractivity contribution < 1.29 is 9.53 Å². The summed E-state index contributed by atoms with van der Waals surface area (Å²) < 4.78 is 5.43. The number of nitrogens with zero attached hydrogens (tertiary/aromatic N) is 5. The Morgan fingerprint density at radius 3 is 2.75 bits per heavy atom. The number of pyridine rings is 2. The van der Waals surface area contributed by atoms with Crippen LogP contribution in [0.3, 0.4) is 0 Å². The predicted molar refractivity (Wildman–Crippen MR) is 126 cm³/mol. The highest BCUT2D eigenvalue weighted by molar-refractivity contribution is 7.15. The molecule has 3 aromatic rings. The molecular formula is C22H25ClN6O2S. The summed E-state index contributed by atoms with van der Waals surface area (Å²) in [5.74, 6) is 0.200. The second kappa shape index (κ2) is 10.3. The number of hydrogen-bond acceptors (Lipinski definition) is 8. The van der Waals surface area contributed by atoms with E-state index in [1.54, 1.807) is 19.4 Å². The lowest BCUT2D eigenvalue weighted by atomic mass is 10.0. The van der Waals surface area contributed by atoms with Gasteiger partial charge in [-0.3, -0.25) is 15.1 Å². The number of anilines is 1. The maximum Gasteiger partial charge on any atom is 0.259 e. The molecule has 8 nitrogen and oxygen atoms in total. The maximum absolute atomic E-state index is 13.1. The van der Waals surface area contributed by atoms with E-state index < -0.39 is 0 Å². The molecule has 32 heavy (non-hydrogen) atoms. The Morgan fingerprint density at radius 1 is 1.16 bits per heavy atom. The van der Waals surface area contributed by atoms with Crippen LogP contribution in [0, 0.1) is 6.92 Å². The van der Waals surface area contributed by atoms with Crippen molar-refractivity contribution in [1.29, 1.82) is 0 Å². The zero-order valence-electron chi connectivity index (χ0n) is 18.1. The number of carbonyl (C=O) groups excluding carboxylic acids is 1. The lowest BCUT2D eigenvalue weighted by Crippen LogP contribution is -2.31. The lowest BCUT2D eigenvalue weighted by Gasteiger charge is -2.25. The van der Waals surface area contributed by atoms with Crippen LogP contribution in [-0.4, -0.2) is 57.7 Å². The summed E-state index contributed by atoms with van der Waals surface area (Å²) in [7, 11) is 1.55. The number of methoxy groups -OCH3 is 1. The molecule has 0 spiro atoms. The second-order valence-electron chi connectivity index (χ2n) is 7.69. The number of aryl methyl sites for hydroxylation is 1. The number of aromatic nitrogens is 4. The fraction of sp³-hybridized carbons (Fsp3) is 0.409. The number of rotatable bonds is 7. The summed E-state index contributed by atoms with van der Waals surface area (Å²) >= 11 is 7.51. The Balaban J connectivity index is 1.51. The first-order chi connectivity index (χ1) is 15.5. The highest BCUT2D eigenvalue weighted by atomic mass is 35.5. The number of piperidine rings is 1. The van der Waals surface area contributed by atoms with E-state index in [-0.39, 0.29) is 5.91 Å². The number of ether oxygens (including phenoxy) is 1. The number of hydrogen-bond donors (Lipinski definition) is 1. The zero-order valence-corrected chi connectivity index (χ0v) is 19.7. The highest BCUT2D eigenvalue weighted by Crippen LogP contribution is 2.34.